The molecule has 0 radical (unpaired) electrons. The van der Waals surface area contributed by atoms with E-state index in [2.05, 4.69) is 20.7 Å². The normalized spacial score (nSPS) is 13.2. The summed E-state index contributed by atoms with van der Waals surface area (Å²) in [6, 6.07) is 6.23. The van der Waals surface area contributed by atoms with Crippen molar-refractivity contribution >= 4 is 31.9 Å². The van der Waals surface area contributed by atoms with E-state index >= 15 is 0 Å². The highest BCUT2D eigenvalue weighted by Crippen LogP contribution is 2.14. The van der Waals surface area contributed by atoms with Gasteiger partial charge in [-0.1, -0.05) is 22.9 Å². The van der Waals surface area contributed by atoms with Crippen LogP contribution in [-0.2, 0) is 14.8 Å². The second-order valence-corrected chi connectivity index (χ2v) is 6.56. The predicted octanol–water partition coefficient (Wildman–Crippen LogP) is 1.84. The summed E-state index contributed by atoms with van der Waals surface area (Å²) in [5.41, 5.74) is 0. The van der Waals surface area contributed by atoms with Crippen molar-refractivity contribution in [3.05, 3.63) is 28.7 Å². The third kappa shape index (κ3) is 4.40. The Hall–Kier alpha value is -0.920. The molecule has 0 spiro atoms. The fraction of sp³-hybridized carbons (Fsp3) is 0.364. The highest BCUT2D eigenvalue weighted by atomic mass is 79.9. The summed E-state index contributed by atoms with van der Waals surface area (Å²) in [6.45, 7) is 1.64. The highest BCUT2D eigenvalue weighted by Gasteiger charge is 2.15. The molecule has 0 saturated heterocycles. The van der Waals surface area contributed by atoms with Crippen LogP contribution in [-0.4, -0.2) is 26.0 Å². The Balaban J connectivity index is 2.60. The molecule has 1 rings (SSSR count). The molecule has 100 valence electrons. The van der Waals surface area contributed by atoms with Gasteiger partial charge in [-0.2, -0.15) is 0 Å². The number of carboxylic acids is 1. The summed E-state index contributed by atoms with van der Waals surface area (Å²) in [5, 5.41) is 8.68. The topological polar surface area (TPSA) is 83.5 Å². The number of benzene rings is 1. The first-order valence-electron chi connectivity index (χ1n) is 5.31. The van der Waals surface area contributed by atoms with Gasteiger partial charge in [-0.3, -0.25) is 4.79 Å². The molecule has 7 heteroatoms. The number of halogens is 1. The molecule has 2 N–H and O–H groups in total. The van der Waals surface area contributed by atoms with E-state index < -0.39 is 21.9 Å². The van der Waals surface area contributed by atoms with Crippen LogP contribution in [0, 0.1) is 5.92 Å². The van der Waals surface area contributed by atoms with Crippen LogP contribution in [0.3, 0.4) is 0 Å². The maximum Gasteiger partial charge on any atom is 0.306 e. The van der Waals surface area contributed by atoms with Crippen LogP contribution in [0.1, 0.15) is 13.3 Å². The minimum Gasteiger partial charge on any atom is -0.481 e. The fourth-order valence-corrected chi connectivity index (χ4v) is 2.54. The maximum atomic E-state index is 11.8. The van der Waals surface area contributed by atoms with Gasteiger partial charge in [0.1, 0.15) is 0 Å². The van der Waals surface area contributed by atoms with Gasteiger partial charge in [0.2, 0.25) is 10.0 Å². The summed E-state index contributed by atoms with van der Waals surface area (Å²) in [5.74, 6) is -1.50. The zero-order valence-corrected chi connectivity index (χ0v) is 12.2. The second-order valence-electron chi connectivity index (χ2n) is 3.88. The van der Waals surface area contributed by atoms with Gasteiger partial charge in [-0.05, 0) is 30.7 Å². The molecule has 1 aromatic carbocycles. The molecule has 0 saturated carbocycles. The Bertz CT molecular complexity index is 512. The van der Waals surface area contributed by atoms with Gasteiger partial charge in [0, 0.05) is 11.0 Å². The molecule has 1 aromatic rings. The summed E-state index contributed by atoms with van der Waals surface area (Å²) < 4.78 is 26.8. The molecule has 5 nitrogen and oxygen atoms in total. The number of carbonyl (C=O) groups is 1. The number of rotatable bonds is 6. The molecule has 0 aliphatic rings. The summed E-state index contributed by atoms with van der Waals surface area (Å²) in [6.07, 6.45) is 0.255. The molecule has 0 heterocycles. The third-order valence-corrected chi connectivity index (χ3v) is 4.42. The van der Waals surface area contributed by atoms with Crippen LogP contribution in [0.25, 0.3) is 0 Å². The lowest BCUT2D eigenvalue weighted by Crippen LogP contribution is -2.27. The fourth-order valence-electron chi connectivity index (χ4n) is 1.23. The Kier molecular flexibility index (Phi) is 5.30. The van der Waals surface area contributed by atoms with Gasteiger partial charge in [0.05, 0.1) is 10.8 Å². The molecule has 18 heavy (non-hydrogen) atoms. The number of sulfonamides is 1. The number of nitrogens with one attached hydrogen (secondary N) is 1. The number of hydrogen-bond donors (Lipinski definition) is 2. The van der Waals surface area contributed by atoms with Crippen molar-refractivity contribution in [3.8, 4) is 0 Å². The Morgan fingerprint density at radius 1 is 1.39 bits per heavy atom. The van der Waals surface area contributed by atoms with Crippen LogP contribution in [0.5, 0.6) is 0 Å². The SMILES string of the molecule is CC(CCNS(=O)(=O)c1ccc(Br)cc1)C(=O)O. The Labute approximate surface area is 114 Å². The minimum absolute atomic E-state index is 0.103. The summed E-state index contributed by atoms with van der Waals surface area (Å²) >= 11 is 3.22. The summed E-state index contributed by atoms with van der Waals surface area (Å²) in [7, 11) is -3.56. The molecule has 1 unspecified atom stereocenters. The molecule has 0 aliphatic heterocycles. The lowest BCUT2D eigenvalue weighted by atomic mass is 10.1. The van der Waals surface area contributed by atoms with Crippen LogP contribution < -0.4 is 4.72 Å². The van der Waals surface area contributed by atoms with Gasteiger partial charge in [-0.25, -0.2) is 13.1 Å². The van der Waals surface area contributed by atoms with Crippen LogP contribution in [0.4, 0.5) is 0 Å². The smallest absolute Gasteiger partial charge is 0.306 e. The number of carboxylic acid groups (broad SMARTS) is 1. The molecule has 0 fully saturated rings. The average molecular weight is 336 g/mol. The Morgan fingerprint density at radius 3 is 2.44 bits per heavy atom. The molecule has 0 aromatic heterocycles. The van der Waals surface area contributed by atoms with E-state index in [1.807, 2.05) is 0 Å². The predicted molar refractivity (Wildman–Crippen MR) is 70.7 cm³/mol. The van der Waals surface area contributed by atoms with Gasteiger partial charge in [0.15, 0.2) is 0 Å². The number of hydrogen-bond acceptors (Lipinski definition) is 3. The lowest BCUT2D eigenvalue weighted by molar-refractivity contribution is -0.141. The van der Waals surface area contributed by atoms with E-state index in [0.29, 0.717) is 0 Å². The first-order chi connectivity index (χ1) is 8.33. The van der Waals surface area contributed by atoms with Crippen LogP contribution >= 0.6 is 15.9 Å². The van der Waals surface area contributed by atoms with Gasteiger partial charge >= 0.3 is 5.97 Å². The molecular formula is C11H14BrNO4S. The molecule has 0 bridgehead atoms. The maximum absolute atomic E-state index is 11.8. The lowest BCUT2D eigenvalue weighted by Gasteiger charge is -2.08. The van der Waals surface area contributed by atoms with E-state index in [-0.39, 0.29) is 17.9 Å². The molecular weight excluding hydrogens is 322 g/mol. The van der Waals surface area contributed by atoms with Crippen molar-refractivity contribution in [2.45, 2.75) is 18.2 Å². The standard InChI is InChI=1S/C11H14BrNO4S/c1-8(11(14)15)6-7-13-18(16,17)10-4-2-9(12)3-5-10/h2-5,8,13H,6-7H2,1H3,(H,14,15). The van der Waals surface area contributed by atoms with E-state index in [1.54, 1.807) is 12.1 Å². The minimum atomic E-state index is -3.56. The second kappa shape index (κ2) is 6.31. The van der Waals surface area contributed by atoms with E-state index in [1.165, 1.54) is 19.1 Å². The van der Waals surface area contributed by atoms with Crippen LogP contribution in [0.15, 0.2) is 33.6 Å². The zero-order valence-electron chi connectivity index (χ0n) is 9.76. The largest absolute Gasteiger partial charge is 0.481 e. The first-order valence-corrected chi connectivity index (χ1v) is 7.58. The zero-order chi connectivity index (χ0) is 13.8. The van der Waals surface area contributed by atoms with Crippen molar-refractivity contribution < 1.29 is 18.3 Å². The van der Waals surface area contributed by atoms with Gasteiger partial charge in [-0.15, -0.1) is 0 Å². The van der Waals surface area contributed by atoms with E-state index in [4.69, 9.17) is 5.11 Å². The summed E-state index contributed by atoms with van der Waals surface area (Å²) in [4.78, 5) is 10.7. The van der Waals surface area contributed by atoms with E-state index in [0.717, 1.165) is 4.47 Å². The van der Waals surface area contributed by atoms with E-state index in [9.17, 15) is 13.2 Å². The highest BCUT2D eigenvalue weighted by molar-refractivity contribution is 9.10. The van der Waals surface area contributed by atoms with Crippen molar-refractivity contribution in [2.24, 2.45) is 5.92 Å². The quantitative estimate of drug-likeness (QED) is 0.830. The van der Waals surface area contributed by atoms with Crippen molar-refractivity contribution in [1.82, 2.24) is 4.72 Å². The van der Waals surface area contributed by atoms with Gasteiger partial charge < -0.3 is 5.11 Å². The third-order valence-electron chi connectivity index (χ3n) is 2.41. The number of aliphatic carboxylic acids is 1. The van der Waals surface area contributed by atoms with Gasteiger partial charge in [0.25, 0.3) is 0 Å². The first kappa shape index (κ1) is 15.1. The molecule has 1 atom stereocenters. The molecule has 0 amide bonds. The van der Waals surface area contributed by atoms with Crippen molar-refractivity contribution in [3.63, 3.8) is 0 Å². The molecule has 0 aliphatic carbocycles. The Morgan fingerprint density at radius 2 is 1.94 bits per heavy atom. The van der Waals surface area contributed by atoms with Crippen molar-refractivity contribution in [2.75, 3.05) is 6.54 Å². The van der Waals surface area contributed by atoms with Crippen LogP contribution in [0.2, 0.25) is 0 Å². The monoisotopic (exact) mass is 335 g/mol. The van der Waals surface area contributed by atoms with Crippen molar-refractivity contribution in [1.29, 1.82) is 0 Å². The average Bonchev–Trinajstić information content (AvgIpc) is 2.29.